The number of ether oxygens (including phenoxy) is 1. The normalized spacial score (nSPS) is 10.3. The zero-order valence-electron chi connectivity index (χ0n) is 12.8. The molecular formula is C17H16N6O. The molecule has 0 radical (unpaired) electrons. The summed E-state index contributed by atoms with van der Waals surface area (Å²) in [6, 6.07) is 16.2. The maximum Gasteiger partial charge on any atom is 0.162 e. The Bertz CT molecular complexity index is 920. The summed E-state index contributed by atoms with van der Waals surface area (Å²) in [6.45, 7) is -0.0365. The van der Waals surface area contributed by atoms with E-state index < -0.39 is 0 Å². The number of nitrogens with zero attached hydrogens (tertiary/aromatic N) is 3. The predicted octanol–water partition coefficient (Wildman–Crippen LogP) is 1.91. The molecule has 0 amide bonds. The van der Waals surface area contributed by atoms with Crippen molar-refractivity contribution in [3.05, 3.63) is 66.3 Å². The van der Waals surface area contributed by atoms with Gasteiger partial charge in [0, 0.05) is 17.8 Å². The standard InChI is InChI=1S/C17H16N6O/c18-15-10-13(8-9-21-15)24-11-17(20)23-16(19)7-6-14(22-23)12-4-2-1-3-5-12/h1-10,19-20H,11H2,(H2,18,21). The summed E-state index contributed by atoms with van der Waals surface area (Å²) in [5.41, 5.74) is 7.30. The Balaban J connectivity index is 1.80. The van der Waals surface area contributed by atoms with E-state index in [0.29, 0.717) is 17.3 Å². The van der Waals surface area contributed by atoms with Crippen LogP contribution < -0.4 is 16.0 Å². The number of benzene rings is 1. The van der Waals surface area contributed by atoms with E-state index in [4.69, 9.17) is 21.3 Å². The minimum atomic E-state index is -0.0365. The number of pyridine rings is 1. The topological polar surface area (TPSA) is 114 Å². The van der Waals surface area contributed by atoms with Crippen molar-refractivity contribution in [2.75, 3.05) is 12.3 Å². The number of nitrogens with two attached hydrogens (primary N) is 1. The summed E-state index contributed by atoms with van der Waals surface area (Å²) in [4.78, 5) is 3.88. The maximum absolute atomic E-state index is 8.14. The summed E-state index contributed by atoms with van der Waals surface area (Å²) in [5.74, 6) is 0.906. The predicted molar refractivity (Wildman–Crippen MR) is 90.8 cm³/mol. The van der Waals surface area contributed by atoms with E-state index in [-0.39, 0.29) is 17.9 Å². The molecule has 120 valence electrons. The largest absolute Gasteiger partial charge is 0.485 e. The Kier molecular flexibility index (Phi) is 4.33. The highest BCUT2D eigenvalue weighted by atomic mass is 16.5. The van der Waals surface area contributed by atoms with Crippen LogP contribution in [0.25, 0.3) is 11.3 Å². The van der Waals surface area contributed by atoms with Gasteiger partial charge in [-0.1, -0.05) is 30.3 Å². The van der Waals surface area contributed by atoms with Crippen LogP contribution in [0.5, 0.6) is 5.75 Å². The van der Waals surface area contributed by atoms with Gasteiger partial charge in [-0.05, 0) is 18.2 Å². The monoisotopic (exact) mass is 320 g/mol. The molecule has 0 bridgehead atoms. The van der Waals surface area contributed by atoms with Crippen molar-refractivity contribution in [1.29, 1.82) is 10.8 Å². The van der Waals surface area contributed by atoms with Gasteiger partial charge < -0.3 is 10.5 Å². The molecule has 0 aliphatic rings. The highest BCUT2D eigenvalue weighted by Crippen LogP contribution is 2.14. The molecule has 0 fully saturated rings. The molecule has 0 saturated heterocycles. The molecule has 24 heavy (non-hydrogen) atoms. The highest BCUT2D eigenvalue weighted by molar-refractivity contribution is 5.82. The lowest BCUT2D eigenvalue weighted by Crippen LogP contribution is -2.32. The van der Waals surface area contributed by atoms with E-state index in [9.17, 15) is 0 Å². The van der Waals surface area contributed by atoms with Crippen LogP contribution in [0.4, 0.5) is 5.82 Å². The molecule has 0 spiro atoms. The summed E-state index contributed by atoms with van der Waals surface area (Å²) in [7, 11) is 0. The molecule has 1 aromatic carbocycles. The SMILES string of the molecule is N=C(COc1ccnc(N)c1)n1nc(-c2ccccc2)ccc1=N. The molecule has 7 heteroatoms. The molecule has 0 saturated carbocycles. The summed E-state index contributed by atoms with van der Waals surface area (Å²) < 4.78 is 6.76. The number of hydrogen-bond acceptors (Lipinski definition) is 6. The maximum atomic E-state index is 8.14. The third-order valence-electron chi connectivity index (χ3n) is 3.29. The summed E-state index contributed by atoms with van der Waals surface area (Å²) in [6.07, 6.45) is 1.53. The fourth-order valence-corrected chi connectivity index (χ4v) is 2.12. The van der Waals surface area contributed by atoms with E-state index in [1.165, 1.54) is 10.9 Å². The first-order valence-electron chi connectivity index (χ1n) is 7.26. The summed E-state index contributed by atoms with van der Waals surface area (Å²) >= 11 is 0. The average Bonchev–Trinajstić information content (AvgIpc) is 2.61. The van der Waals surface area contributed by atoms with Gasteiger partial charge in [-0.15, -0.1) is 0 Å². The van der Waals surface area contributed by atoms with Crippen molar-refractivity contribution < 1.29 is 4.74 Å². The third-order valence-corrected chi connectivity index (χ3v) is 3.29. The Hall–Kier alpha value is -3.48. The Morgan fingerprint density at radius 3 is 2.67 bits per heavy atom. The van der Waals surface area contributed by atoms with E-state index in [1.807, 2.05) is 30.3 Å². The highest BCUT2D eigenvalue weighted by Gasteiger charge is 2.07. The minimum absolute atomic E-state index is 0.0365. The number of nitrogen functional groups attached to an aromatic ring is 1. The van der Waals surface area contributed by atoms with Gasteiger partial charge in [0.15, 0.2) is 5.84 Å². The van der Waals surface area contributed by atoms with Crippen molar-refractivity contribution in [2.24, 2.45) is 0 Å². The van der Waals surface area contributed by atoms with Gasteiger partial charge in [-0.25, -0.2) is 4.98 Å². The van der Waals surface area contributed by atoms with Gasteiger partial charge in [0.2, 0.25) is 0 Å². The van der Waals surface area contributed by atoms with Crippen LogP contribution in [0.2, 0.25) is 0 Å². The van der Waals surface area contributed by atoms with Crippen molar-refractivity contribution >= 4 is 11.7 Å². The van der Waals surface area contributed by atoms with Crippen LogP contribution >= 0.6 is 0 Å². The lowest BCUT2D eigenvalue weighted by molar-refractivity contribution is 0.369. The second-order valence-electron chi connectivity index (χ2n) is 5.03. The average molecular weight is 320 g/mol. The minimum Gasteiger partial charge on any atom is -0.485 e. The fraction of sp³-hybridized carbons (Fsp3) is 0.0588. The Morgan fingerprint density at radius 2 is 1.92 bits per heavy atom. The number of nitrogens with one attached hydrogen (secondary N) is 2. The molecule has 0 atom stereocenters. The van der Waals surface area contributed by atoms with Crippen LogP contribution in [-0.4, -0.2) is 27.2 Å². The Labute approximate surface area is 138 Å². The van der Waals surface area contributed by atoms with Crippen LogP contribution in [0.1, 0.15) is 0 Å². The Morgan fingerprint density at radius 1 is 1.12 bits per heavy atom. The van der Waals surface area contributed by atoms with Crippen molar-refractivity contribution in [3.8, 4) is 17.0 Å². The molecule has 3 aromatic rings. The van der Waals surface area contributed by atoms with Crippen LogP contribution in [0, 0.1) is 10.8 Å². The molecular weight excluding hydrogens is 304 g/mol. The van der Waals surface area contributed by atoms with Gasteiger partial charge >= 0.3 is 0 Å². The van der Waals surface area contributed by atoms with Crippen LogP contribution in [0.15, 0.2) is 60.8 Å². The van der Waals surface area contributed by atoms with E-state index >= 15 is 0 Å². The van der Waals surface area contributed by atoms with E-state index in [0.717, 1.165) is 5.56 Å². The molecule has 0 unspecified atom stereocenters. The number of rotatable bonds is 4. The zero-order valence-corrected chi connectivity index (χ0v) is 12.8. The fourth-order valence-electron chi connectivity index (χ4n) is 2.12. The van der Waals surface area contributed by atoms with Gasteiger partial charge in [0.05, 0.1) is 5.69 Å². The molecule has 0 aliphatic carbocycles. The van der Waals surface area contributed by atoms with Crippen molar-refractivity contribution in [3.63, 3.8) is 0 Å². The molecule has 2 aromatic heterocycles. The second-order valence-corrected chi connectivity index (χ2v) is 5.03. The zero-order chi connectivity index (χ0) is 16.9. The quantitative estimate of drug-likeness (QED) is 0.503. The molecule has 4 N–H and O–H groups in total. The third kappa shape index (κ3) is 3.46. The second kappa shape index (κ2) is 6.74. The first-order chi connectivity index (χ1) is 11.6. The number of anilines is 1. The van der Waals surface area contributed by atoms with Gasteiger partial charge in [0.25, 0.3) is 0 Å². The van der Waals surface area contributed by atoms with Gasteiger partial charge in [0.1, 0.15) is 23.7 Å². The lowest BCUT2D eigenvalue weighted by Gasteiger charge is -2.11. The van der Waals surface area contributed by atoms with Crippen molar-refractivity contribution in [2.45, 2.75) is 0 Å². The van der Waals surface area contributed by atoms with E-state index in [1.54, 1.807) is 24.3 Å². The first-order valence-corrected chi connectivity index (χ1v) is 7.26. The van der Waals surface area contributed by atoms with E-state index in [2.05, 4.69) is 10.1 Å². The van der Waals surface area contributed by atoms with Crippen molar-refractivity contribution in [1.82, 2.24) is 14.8 Å². The van der Waals surface area contributed by atoms with Gasteiger partial charge in [-0.3, -0.25) is 10.8 Å². The smallest absolute Gasteiger partial charge is 0.162 e. The molecule has 2 heterocycles. The van der Waals surface area contributed by atoms with Crippen LogP contribution in [-0.2, 0) is 0 Å². The first kappa shape index (κ1) is 15.4. The van der Waals surface area contributed by atoms with Crippen LogP contribution in [0.3, 0.4) is 0 Å². The number of aromatic nitrogens is 3. The molecule has 3 rings (SSSR count). The number of hydrogen-bond donors (Lipinski definition) is 3. The molecule has 0 aliphatic heterocycles. The lowest BCUT2D eigenvalue weighted by atomic mass is 10.1. The van der Waals surface area contributed by atoms with Gasteiger partial charge in [-0.2, -0.15) is 9.78 Å². The molecule has 7 nitrogen and oxygen atoms in total. The summed E-state index contributed by atoms with van der Waals surface area (Å²) in [5, 5.41) is 20.5.